The highest BCUT2D eigenvalue weighted by atomic mass is 35.5. The highest BCUT2D eigenvalue weighted by Gasteiger charge is 1.99. The summed E-state index contributed by atoms with van der Waals surface area (Å²) in [7, 11) is 0. The van der Waals surface area contributed by atoms with Crippen LogP contribution in [0.4, 0.5) is 5.69 Å². The summed E-state index contributed by atoms with van der Waals surface area (Å²) in [5, 5.41) is 4.54. The summed E-state index contributed by atoms with van der Waals surface area (Å²) in [6, 6.07) is 3.76. The molecule has 0 aliphatic carbocycles. The van der Waals surface area contributed by atoms with Gasteiger partial charge < -0.3 is 5.32 Å². The predicted octanol–water partition coefficient (Wildman–Crippen LogP) is 3.29. The molecule has 14 heavy (non-hydrogen) atoms. The summed E-state index contributed by atoms with van der Waals surface area (Å²) in [5.74, 6) is 0. The van der Waals surface area contributed by atoms with E-state index in [1.54, 1.807) is 6.20 Å². The van der Waals surface area contributed by atoms with Crippen LogP contribution in [0.25, 0.3) is 0 Å². The first kappa shape index (κ1) is 11.7. The van der Waals surface area contributed by atoms with Crippen molar-refractivity contribution in [2.75, 3.05) is 18.1 Å². The van der Waals surface area contributed by atoms with Gasteiger partial charge in [0.25, 0.3) is 0 Å². The topological polar surface area (TPSA) is 24.9 Å². The third kappa shape index (κ3) is 4.20. The van der Waals surface area contributed by atoms with E-state index in [1.807, 2.05) is 23.9 Å². The molecule has 1 aromatic rings. The Hall–Kier alpha value is -0.410. The smallest absolute Gasteiger partial charge is 0.131 e. The van der Waals surface area contributed by atoms with Crippen LogP contribution in [0, 0.1) is 0 Å². The van der Waals surface area contributed by atoms with Crippen molar-refractivity contribution in [1.82, 2.24) is 4.98 Å². The van der Waals surface area contributed by atoms with Crippen molar-refractivity contribution in [1.29, 1.82) is 0 Å². The van der Waals surface area contributed by atoms with Gasteiger partial charge in [-0.3, -0.25) is 0 Å². The number of thioether (sulfide) groups is 1. The quantitative estimate of drug-likeness (QED) is 0.786. The molecule has 0 amide bonds. The molecule has 0 aliphatic rings. The summed E-state index contributed by atoms with van der Waals surface area (Å²) in [5.41, 5.74) is 1.04. The second-order valence-electron chi connectivity index (χ2n) is 3.13. The van der Waals surface area contributed by atoms with E-state index in [2.05, 4.69) is 23.5 Å². The third-order valence-corrected chi connectivity index (χ3v) is 3.26. The first-order chi connectivity index (χ1) is 6.72. The number of halogens is 1. The maximum Gasteiger partial charge on any atom is 0.131 e. The SMILES string of the molecule is CSC(C)CCNc1ccnc(Cl)c1. The Balaban J connectivity index is 2.31. The van der Waals surface area contributed by atoms with Crippen molar-refractivity contribution in [3.63, 3.8) is 0 Å². The third-order valence-electron chi connectivity index (χ3n) is 2.01. The Labute approximate surface area is 94.5 Å². The van der Waals surface area contributed by atoms with Crippen LogP contribution in [-0.4, -0.2) is 23.0 Å². The van der Waals surface area contributed by atoms with E-state index in [-0.39, 0.29) is 0 Å². The summed E-state index contributed by atoms with van der Waals surface area (Å²) in [6.45, 7) is 3.20. The van der Waals surface area contributed by atoms with E-state index in [1.165, 1.54) is 0 Å². The fraction of sp³-hybridized carbons (Fsp3) is 0.500. The highest BCUT2D eigenvalue weighted by Crippen LogP contribution is 2.13. The number of rotatable bonds is 5. The second kappa shape index (κ2) is 6.14. The molecule has 0 aliphatic heterocycles. The molecule has 0 radical (unpaired) electrons. The van der Waals surface area contributed by atoms with Gasteiger partial charge in [-0.15, -0.1) is 0 Å². The number of pyridine rings is 1. The molecule has 0 aromatic carbocycles. The first-order valence-corrected chi connectivity index (χ1v) is 6.27. The largest absolute Gasteiger partial charge is 0.385 e. The molecule has 1 heterocycles. The molecule has 0 spiro atoms. The molecule has 1 unspecified atom stereocenters. The number of anilines is 1. The summed E-state index contributed by atoms with van der Waals surface area (Å²) >= 11 is 7.64. The first-order valence-electron chi connectivity index (χ1n) is 4.60. The average molecular weight is 231 g/mol. The number of hydrogen-bond acceptors (Lipinski definition) is 3. The van der Waals surface area contributed by atoms with Crippen molar-refractivity contribution in [2.45, 2.75) is 18.6 Å². The lowest BCUT2D eigenvalue weighted by atomic mass is 10.3. The molecule has 0 bridgehead atoms. The maximum absolute atomic E-state index is 5.76. The van der Waals surface area contributed by atoms with Gasteiger partial charge in [-0.2, -0.15) is 11.8 Å². The molecule has 2 nitrogen and oxygen atoms in total. The minimum Gasteiger partial charge on any atom is -0.385 e. The zero-order valence-electron chi connectivity index (χ0n) is 8.46. The summed E-state index contributed by atoms with van der Waals surface area (Å²) < 4.78 is 0. The minimum absolute atomic E-state index is 0.535. The lowest BCUT2D eigenvalue weighted by Gasteiger charge is -2.09. The molecule has 1 aromatic heterocycles. The summed E-state index contributed by atoms with van der Waals surface area (Å²) in [4.78, 5) is 3.92. The molecule has 0 saturated carbocycles. The van der Waals surface area contributed by atoms with Crippen LogP contribution in [0.3, 0.4) is 0 Å². The lowest BCUT2D eigenvalue weighted by Crippen LogP contribution is -2.07. The monoisotopic (exact) mass is 230 g/mol. The van der Waals surface area contributed by atoms with Gasteiger partial charge in [-0.05, 0) is 24.8 Å². The zero-order chi connectivity index (χ0) is 10.4. The van der Waals surface area contributed by atoms with Gasteiger partial charge in [0.2, 0.25) is 0 Å². The Kier molecular flexibility index (Phi) is 5.12. The minimum atomic E-state index is 0.535. The molecule has 4 heteroatoms. The van der Waals surface area contributed by atoms with E-state index in [9.17, 15) is 0 Å². The van der Waals surface area contributed by atoms with Gasteiger partial charge in [0, 0.05) is 23.7 Å². The van der Waals surface area contributed by atoms with Gasteiger partial charge in [0.05, 0.1) is 0 Å². The average Bonchev–Trinajstić information content (AvgIpc) is 2.17. The fourth-order valence-electron chi connectivity index (χ4n) is 1.05. The second-order valence-corrected chi connectivity index (χ2v) is 4.79. The lowest BCUT2D eigenvalue weighted by molar-refractivity contribution is 0.853. The van der Waals surface area contributed by atoms with Crippen molar-refractivity contribution in [3.8, 4) is 0 Å². The van der Waals surface area contributed by atoms with Crippen molar-refractivity contribution in [2.24, 2.45) is 0 Å². The van der Waals surface area contributed by atoms with E-state index in [4.69, 9.17) is 11.6 Å². The Morgan fingerprint density at radius 2 is 2.43 bits per heavy atom. The Morgan fingerprint density at radius 3 is 3.07 bits per heavy atom. The molecule has 1 atom stereocenters. The Morgan fingerprint density at radius 1 is 1.64 bits per heavy atom. The van der Waals surface area contributed by atoms with Gasteiger partial charge in [-0.1, -0.05) is 18.5 Å². The molecule has 1 N–H and O–H groups in total. The van der Waals surface area contributed by atoms with Crippen LogP contribution >= 0.6 is 23.4 Å². The van der Waals surface area contributed by atoms with Gasteiger partial charge in [-0.25, -0.2) is 4.98 Å². The Bertz CT molecular complexity index is 281. The maximum atomic E-state index is 5.76. The van der Waals surface area contributed by atoms with E-state index < -0.39 is 0 Å². The van der Waals surface area contributed by atoms with Crippen molar-refractivity contribution < 1.29 is 0 Å². The van der Waals surface area contributed by atoms with Gasteiger partial charge in [0.1, 0.15) is 5.15 Å². The van der Waals surface area contributed by atoms with Crippen LogP contribution in [0.1, 0.15) is 13.3 Å². The summed E-state index contributed by atoms with van der Waals surface area (Å²) in [6.07, 6.45) is 5.00. The van der Waals surface area contributed by atoms with Gasteiger partial charge in [0.15, 0.2) is 0 Å². The van der Waals surface area contributed by atoms with Crippen LogP contribution < -0.4 is 5.32 Å². The number of nitrogens with one attached hydrogen (secondary N) is 1. The van der Waals surface area contributed by atoms with Crippen LogP contribution in [0.15, 0.2) is 18.3 Å². The molecule has 78 valence electrons. The molecule has 0 saturated heterocycles. The van der Waals surface area contributed by atoms with Crippen molar-refractivity contribution in [3.05, 3.63) is 23.5 Å². The molecular formula is C10H15ClN2S. The molecular weight excluding hydrogens is 216 g/mol. The molecule has 1 rings (SSSR count). The van der Waals surface area contributed by atoms with Gasteiger partial charge >= 0.3 is 0 Å². The number of aromatic nitrogens is 1. The zero-order valence-corrected chi connectivity index (χ0v) is 10.0. The van der Waals surface area contributed by atoms with E-state index in [0.29, 0.717) is 10.4 Å². The van der Waals surface area contributed by atoms with Crippen LogP contribution in [0.2, 0.25) is 5.15 Å². The van der Waals surface area contributed by atoms with Crippen LogP contribution in [-0.2, 0) is 0 Å². The van der Waals surface area contributed by atoms with Crippen LogP contribution in [0.5, 0.6) is 0 Å². The van der Waals surface area contributed by atoms with Crippen molar-refractivity contribution >= 4 is 29.1 Å². The fourth-order valence-corrected chi connectivity index (χ4v) is 1.58. The normalized spacial score (nSPS) is 12.5. The standard InChI is InChI=1S/C10H15ClN2S/c1-8(14-2)3-5-12-9-4-6-13-10(11)7-9/h4,6-8H,3,5H2,1-2H3,(H,12,13). The van der Waals surface area contributed by atoms with E-state index in [0.717, 1.165) is 18.7 Å². The molecule has 0 fully saturated rings. The highest BCUT2D eigenvalue weighted by molar-refractivity contribution is 7.99. The predicted molar refractivity (Wildman–Crippen MR) is 65.3 cm³/mol. The number of nitrogens with zero attached hydrogens (tertiary/aromatic N) is 1. The number of hydrogen-bond donors (Lipinski definition) is 1. The van der Waals surface area contributed by atoms with E-state index >= 15 is 0 Å².